The molecule has 5 rings (SSSR count). The molecule has 0 aliphatic carbocycles. The largest absolute Gasteiger partial charge is 0.293 e. The topological polar surface area (TPSA) is 17.8 Å². The summed E-state index contributed by atoms with van der Waals surface area (Å²) in [6.45, 7) is 12.0. The van der Waals surface area contributed by atoms with E-state index in [1.54, 1.807) is 0 Å². The van der Waals surface area contributed by atoms with Gasteiger partial charge in [-0.15, -0.1) is 0 Å². The van der Waals surface area contributed by atoms with E-state index in [1.165, 1.54) is 38.3 Å². The Morgan fingerprint density at radius 1 is 0.885 bits per heavy atom. The minimum Gasteiger partial charge on any atom is -0.293 e. The van der Waals surface area contributed by atoms with Crippen LogP contribution in [0.25, 0.3) is 27.6 Å². The molecule has 0 saturated heterocycles. The highest BCUT2D eigenvalue weighted by Crippen LogP contribution is 2.46. The molecular formula is C23H24N2Si. The Labute approximate surface area is 155 Å². The number of rotatable bonds is 1. The summed E-state index contributed by atoms with van der Waals surface area (Å²) < 4.78 is 2.38. The van der Waals surface area contributed by atoms with Gasteiger partial charge in [-0.05, 0) is 29.3 Å². The van der Waals surface area contributed by atoms with Gasteiger partial charge < -0.3 is 0 Å². The highest BCUT2D eigenvalue weighted by molar-refractivity contribution is 6.88. The van der Waals surface area contributed by atoms with Gasteiger partial charge in [0.1, 0.15) is 5.65 Å². The Morgan fingerprint density at radius 2 is 1.65 bits per heavy atom. The van der Waals surface area contributed by atoms with Crippen molar-refractivity contribution in [1.82, 2.24) is 9.55 Å². The minimum absolute atomic E-state index is 0.0190. The molecule has 2 nitrogen and oxygen atoms in total. The third-order valence-corrected chi connectivity index (χ3v) is 8.04. The summed E-state index contributed by atoms with van der Waals surface area (Å²) in [6.07, 6.45) is 1.90. The molecule has 0 N–H and O–H groups in total. The molecule has 0 bridgehead atoms. The summed E-state index contributed by atoms with van der Waals surface area (Å²) in [4.78, 5) is 4.75. The second-order valence-corrected chi connectivity index (χ2v) is 14.1. The number of benzene rings is 2. The molecule has 3 heteroatoms. The molecule has 1 aliphatic heterocycles. The standard InChI is InChI=1S/C23H24N2Si/c1-23(2)18-10-6-8-16-17-9-7-13-24-22(17)25(21(16)18)20-12-11-15(14-19(20)23)26(3,4)5/h6-14H,1-5H3. The van der Waals surface area contributed by atoms with Crippen molar-refractivity contribution in [2.75, 3.05) is 0 Å². The van der Waals surface area contributed by atoms with E-state index in [0.29, 0.717) is 0 Å². The van der Waals surface area contributed by atoms with Crippen LogP contribution in [-0.4, -0.2) is 17.6 Å². The van der Waals surface area contributed by atoms with E-state index in [-0.39, 0.29) is 5.41 Å². The molecule has 0 spiro atoms. The lowest BCUT2D eigenvalue weighted by atomic mass is 9.75. The Hall–Kier alpha value is -2.39. The lowest BCUT2D eigenvalue weighted by molar-refractivity contribution is 0.630. The van der Waals surface area contributed by atoms with Gasteiger partial charge >= 0.3 is 0 Å². The molecular weight excluding hydrogens is 332 g/mol. The molecule has 0 radical (unpaired) electrons. The summed E-state index contributed by atoms with van der Waals surface area (Å²) in [7, 11) is -1.37. The number of pyridine rings is 1. The number of nitrogens with zero attached hydrogens (tertiary/aromatic N) is 2. The molecule has 2 aromatic heterocycles. The van der Waals surface area contributed by atoms with Gasteiger partial charge in [-0.25, -0.2) is 4.98 Å². The van der Waals surface area contributed by atoms with Crippen molar-refractivity contribution in [3.63, 3.8) is 0 Å². The molecule has 0 unspecified atom stereocenters. The summed E-state index contributed by atoms with van der Waals surface area (Å²) in [5.74, 6) is 0. The second kappa shape index (κ2) is 4.86. The summed E-state index contributed by atoms with van der Waals surface area (Å²) in [6, 6.07) is 18.1. The third kappa shape index (κ3) is 1.89. The van der Waals surface area contributed by atoms with Crippen molar-refractivity contribution in [1.29, 1.82) is 0 Å². The molecule has 130 valence electrons. The SMILES string of the molecule is CC1(C)c2cc([Si](C)(C)C)ccc2-n2c3ncccc3c3cccc1c32. The average Bonchev–Trinajstić information content (AvgIpc) is 2.94. The van der Waals surface area contributed by atoms with Crippen LogP contribution in [0.4, 0.5) is 0 Å². The summed E-state index contributed by atoms with van der Waals surface area (Å²) in [5.41, 5.74) is 6.46. The van der Waals surface area contributed by atoms with Crippen LogP contribution in [0.15, 0.2) is 54.7 Å². The van der Waals surface area contributed by atoms with E-state index < -0.39 is 8.07 Å². The zero-order valence-corrected chi connectivity index (χ0v) is 17.1. The second-order valence-electron chi connectivity index (χ2n) is 9.02. The van der Waals surface area contributed by atoms with E-state index >= 15 is 0 Å². The number of fused-ring (bicyclic) bond motifs is 5. The fourth-order valence-corrected chi connectivity index (χ4v) is 5.64. The first-order valence-electron chi connectivity index (χ1n) is 9.34. The molecule has 3 heterocycles. The summed E-state index contributed by atoms with van der Waals surface area (Å²) >= 11 is 0. The zero-order valence-electron chi connectivity index (χ0n) is 16.1. The first kappa shape index (κ1) is 15.8. The fourth-order valence-electron chi connectivity index (χ4n) is 4.48. The van der Waals surface area contributed by atoms with E-state index in [1.807, 2.05) is 12.3 Å². The van der Waals surface area contributed by atoms with Crippen LogP contribution < -0.4 is 5.19 Å². The maximum atomic E-state index is 4.75. The van der Waals surface area contributed by atoms with E-state index in [2.05, 4.69) is 80.5 Å². The van der Waals surface area contributed by atoms with Gasteiger partial charge in [0.25, 0.3) is 0 Å². The molecule has 0 saturated carbocycles. The lowest BCUT2D eigenvalue weighted by Gasteiger charge is -2.35. The third-order valence-electron chi connectivity index (χ3n) is 6.00. The first-order chi connectivity index (χ1) is 12.3. The number of aromatic nitrogens is 2. The average molecular weight is 357 g/mol. The molecule has 2 aromatic carbocycles. The quantitative estimate of drug-likeness (QED) is 0.420. The summed E-state index contributed by atoms with van der Waals surface area (Å²) in [5, 5.41) is 4.06. The van der Waals surface area contributed by atoms with Gasteiger partial charge in [0.05, 0.1) is 19.3 Å². The predicted molar refractivity (Wildman–Crippen MR) is 114 cm³/mol. The zero-order chi connectivity index (χ0) is 18.3. The molecule has 0 amide bonds. The molecule has 4 aromatic rings. The Balaban J connectivity index is 2.00. The molecule has 0 atom stereocenters. The van der Waals surface area contributed by atoms with Gasteiger partial charge in [0, 0.05) is 22.4 Å². The predicted octanol–water partition coefficient (Wildman–Crippen LogP) is 5.36. The molecule has 26 heavy (non-hydrogen) atoms. The van der Waals surface area contributed by atoms with E-state index in [4.69, 9.17) is 4.98 Å². The van der Waals surface area contributed by atoms with Crippen LogP contribution in [0.2, 0.25) is 19.6 Å². The lowest BCUT2D eigenvalue weighted by Crippen LogP contribution is -2.39. The van der Waals surface area contributed by atoms with Gasteiger partial charge in [0.2, 0.25) is 0 Å². The van der Waals surface area contributed by atoms with Crippen molar-refractivity contribution in [2.24, 2.45) is 0 Å². The highest BCUT2D eigenvalue weighted by atomic mass is 28.3. The Bertz CT molecular complexity index is 1190. The van der Waals surface area contributed by atoms with E-state index in [9.17, 15) is 0 Å². The van der Waals surface area contributed by atoms with E-state index in [0.717, 1.165) is 5.65 Å². The number of hydrogen-bond acceptors (Lipinski definition) is 1. The maximum Gasteiger partial charge on any atom is 0.145 e. The Kier molecular flexibility index (Phi) is 2.96. The van der Waals surface area contributed by atoms with Crippen LogP contribution in [0.5, 0.6) is 0 Å². The number of para-hydroxylation sites is 1. The monoisotopic (exact) mass is 356 g/mol. The maximum absolute atomic E-state index is 4.75. The van der Waals surface area contributed by atoms with Crippen molar-refractivity contribution >= 4 is 35.2 Å². The van der Waals surface area contributed by atoms with Crippen LogP contribution in [0.3, 0.4) is 0 Å². The normalized spacial score (nSPS) is 15.4. The highest BCUT2D eigenvalue weighted by Gasteiger charge is 2.36. The fraction of sp³-hybridized carbons (Fsp3) is 0.261. The molecule has 1 aliphatic rings. The van der Waals surface area contributed by atoms with Crippen molar-refractivity contribution in [3.05, 3.63) is 65.9 Å². The van der Waals surface area contributed by atoms with Crippen LogP contribution in [0.1, 0.15) is 25.0 Å². The molecule has 0 fully saturated rings. The van der Waals surface area contributed by atoms with Gasteiger partial charge in [-0.3, -0.25) is 4.57 Å². The van der Waals surface area contributed by atoms with Crippen molar-refractivity contribution in [3.8, 4) is 5.69 Å². The Morgan fingerprint density at radius 3 is 2.42 bits per heavy atom. The van der Waals surface area contributed by atoms with Crippen LogP contribution >= 0.6 is 0 Å². The van der Waals surface area contributed by atoms with Crippen LogP contribution in [0, 0.1) is 0 Å². The van der Waals surface area contributed by atoms with Gasteiger partial charge in [-0.1, -0.05) is 69.0 Å². The van der Waals surface area contributed by atoms with Crippen LogP contribution in [-0.2, 0) is 5.41 Å². The van der Waals surface area contributed by atoms with Crippen molar-refractivity contribution < 1.29 is 0 Å². The smallest absolute Gasteiger partial charge is 0.145 e. The number of hydrogen-bond donors (Lipinski definition) is 0. The van der Waals surface area contributed by atoms with Gasteiger partial charge in [0.15, 0.2) is 0 Å². The van der Waals surface area contributed by atoms with Crippen molar-refractivity contribution in [2.45, 2.75) is 38.9 Å². The van der Waals surface area contributed by atoms with Gasteiger partial charge in [-0.2, -0.15) is 0 Å². The first-order valence-corrected chi connectivity index (χ1v) is 12.8. The minimum atomic E-state index is -1.37.